The maximum atomic E-state index is 12.5. The van der Waals surface area contributed by atoms with Crippen LogP contribution in [-0.2, 0) is 0 Å². The number of amides is 1. The fraction of sp³-hybridized carbons (Fsp3) is 0.476. The Morgan fingerprint density at radius 2 is 1.88 bits per heavy atom. The second-order valence-electron chi connectivity index (χ2n) is 7.77. The molecule has 0 radical (unpaired) electrons. The zero-order chi connectivity index (χ0) is 17.5. The Labute approximate surface area is 153 Å². The summed E-state index contributed by atoms with van der Waals surface area (Å²) in [6.45, 7) is 2.28. The minimum atomic E-state index is -0.107. The lowest BCUT2D eigenvalue weighted by molar-refractivity contribution is 0.0903. The van der Waals surface area contributed by atoms with Crippen molar-refractivity contribution >= 4 is 11.6 Å². The highest BCUT2D eigenvalue weighted by atomic mass is 16.3. The van der Waals surface area contributed by atoms with E-state index in [0.717, 1.165) is 37.3 Å². The standard InChI is InChI=1S/C21H25N3O2/c25-21(23-18-13-15-5-8-17(18)22-15)20-10-9-19(26-20)14-3-6-16(7-4-14)24-11-1-2-12-24/h3-4,6-7,9-10,15,17-18,22H,1-2,5,8,11-13H2,(H,23,25). The predicted molar refractivity (Wildman–Crippen MR) is 101 cm³/mol. The van der Waals surface area contributed by atoms with Gasteiger partial charge in [-0.05, 0) is 68.5 Å². The van der Waals surface area contributed by atoms with Crippen LogP contribution >= 0.6 is 0 Å². The molecule has 0 saturated carbocycles. The molecular formula is C21H25N3O2. The van der Waals surface area contributed by atoms with E-state index in [2.05, 4.69) is 39.8 Å². The number of hydrogen-bond acceptors (Lipinski definition) is 4. The van der Waals surface area contributed by atoms with E-state index in [1.165, 1.54) is 24.9 Å². The fourth-order valence-corrected chi connectivity index (χ4v) is 4.65. The number of nitrogens with zero attached hydrogens (tertiary/aromatic N) is 1. The van der Waals surface area contributed by atoms with Crippen LogP contribution in [0.3, 0.4) is 0 Å². The number of carbonyl (C=O) groups excluding carboxylic acids is 1. The molecular weight excluding hydrogens is 326 g/mol. The topological polar surface area (TPSA) is 57.5 Å². The molecule has 5 rings (SSSR count). The molecule has 3 fully saturated rings. The van der Waals surface area contributed by atoms with E-state index in [1.54, 1.807) is 6.07 Å². The quantitative estimate of drug-likeness (QED) is 0.888. The van der Waals surface area contributed by atoms with Gasteiger partial charge in [-0.3, -0.25) is 4.79 Å². The van der Waals surface area contributed by atoms with Crippen molar-refractivity contribution in [3.05, 3.63) is 42.2 Å². The van der Waals surface area contributed by atoms with Crippen LogP contribution in [0.25, 0.3) is 11.3 Å². The highest BCUT2D eigenvalue weighted by Gasteiger charge is 2.39. The van der Waals surface area contributed by atoms with Gasteiger partial charge in [-0.25, -0.2) is 0 Å². The van der Waals surface area contributed by atoms with E-state index >= 15 is 0 Å². The first-order valence-electron chi connectivity index (χ1n) is 9.78. The lowest BCUT2D eigenvalue weighted by atomic mass is 9.95. The van der Waals surface area contributed by atoms with Crippen LogP contribution in [0.2, 0.25) is 0 Å². The lowest BCUT2D eigenvalue weighted by Gasteiger charge is -2.20. The third-order valence-electron chi connectivity index (χ3n) is 6.07. The van der Waals surface area contributed by atoms with Crippen molar-refractivity contribution in [2.75, 3.05) is 18.0 Å². The van der Waals surface area contributed by atoms with E-state index in [9.17, 15) is 4.79 Å². The van der Waals surface area contributed by atoms with Gasteiger partial charge in [0.05, 0.1) is 0 Å². The van der Waals surface area contributed by atoms with E-state index in [1.807, 2.05) is 6.07 Å². The van der Waals surface area contributed by atoms with Crippen molar-refractivity contribution in [3.8, 4) is 11.3 Å². The second-order valence-corrected chi connectivity index (χ2v) is 7.77. The molecule has 1 amide bonds. The highest BCUT2D eigenvalue weighted by molar-refractivity contribution is 5.92. The molecule has 2 N–H and O–H groups in total. The molecule has 136 valence electrons. The SMILES string of the molecule is O=C(NC1CC2CCC1N2)c1ccc(-c2ccc(N3CCCC3)cc2)o1. The van der Waals surface area contributed by atoms with Gasteiger partial charge in [0.15, 0.2) is 5.76 Å². The van der Waals surface area contributed by atoms with Crippen LogP contribution in [0, 0.1) is 0 Å². The minimum Gasteiger partial charge on any atom is -0.451 e. The van der Waals surface area contributed by atoms with Gasteiger partial charge >= 0.3 is 0 Å². The van der Waals surface area contributed by atoms with Crippen molar-refractivity contribution in [2.45, 2.75) is 50.2 Å². The number of carbonyl (C=O) groups is 1. The molecule has 3 aliphatic heterocycles. The molecule has 1 aromatic heterocycles. The molecule has 3 saturated heterocycles. The van der Waals surface area contributed by atoms with Crippen LogP contribution in [0.15, 0.2) is 40.8 Å². The summed E-state index contributed by atoms with van der Waals surface area (Å²) in [6.07, 6.45) is 5.97. The number of fused-ring (bicyclic) bond motifs is 2. The first kappa shape index (κ1) is 15.9. The highest BCUT2D eigenvalue weighted by Crippen LogP contribution is 2.29. The summed E-state index contributed by atoms with van der Waals surface area (Å²) >= 11 is 0. The molecule has 4 heterocycles. The Balaban J connectivity index is 1.26. The molecule has 0 spiro atoms. The number of anilines is 1. The van der Waals surface area contributed by atoms with Crippen molar-refractivity contribution in [1.82, 2.24) is 10.6 Å². The van der Waals surface area contributed by atoms with E-state index in [-0.39, 0.29) is 11.9 Å². The average molecular weight is 351 g/mol. The maximum absolute atomic E-state index is 12.5. The van der Waals surface area contributed by atoms with Crippen LogP contribution in [0.5, 0.6) is 0 Å². The molecule has 26 heavy (non-hydrogen) atoms. The Kier molecular flexibility index (Phi) is 3.97. The largest absolute Gasteiger partial charge is 0.451 e. The monoisotopic (exact) mass is 351 g/mol. The normalized spacial score (nSPS) is 27.2. The molecule has 3 unspecified atom stereocenters. The summed E-state index contributed by atoms with van der Waals surface area (Å²) in [5, 5.41) is 6.68. The van der Waals surface area contributed by atoms with E-state index < -0.39 is 0 Å². The molecule has 3 aliphatic rings. The van der Waals surface area contributed by atoms with Crippen LogP contribution < -0.4 is 15.5 Å². The lowest BCUT2D eigenvalue weighted by Crippen LogP contribution is -2.42. The number of benzene rings is 1. The van der Waals surface area contributed by atoms with Crippen molar-refractivity contribution in [1.29, 1.82) is 0 Å². The fourth-order valence-electron chi connectivity index (χ4n) is 4.65. The molecule has 2 aromatic rings. The summed E-state index contributed by atoms with van der Waals surface area (Å²) in [4.78, 5) is 14.9. The van der Waals surface area contributed by atoms with Crippen molar-refractivity contribution in [2.24, 2.45) is 0 Å². The third-order valence-corrected chi connectivity index (χ3v) is 6.07. The number of rotatable bonds is 4. The third kappa shape index (κ3) is 2.90. The van der Waals surface area contributed by atoms with Gasteiger partial charge in [0.25, 0.3) is 5.91 Å². The first-order chi connectivity index (χ1) is 12.8. The number of furan rings is 1. The zero-order valence-corrected chi connectivity index (χ0v) is 14.9. The van der Waals surface area contributed by atoms with Crippen molar-refractivity contribution < 1.29 is 9.21 Å². The summed E-state index contributed by atoms with van der Waals surface area (Å²) < 4.78 is 5.84. The average Bonchev–Trinajstić information content (AvgIpc) is 3.46. The molecule has 3 atom stereocenters. The molecule has 2 bridgehead atoms. The summed E-state index contributed by atoms with van der Waals surface area (Å²) in [6, 6.07) is 13.3. The van der Waals surface area contributed by atoms with Gasteiger partial charge in [0.2, 0.25) is 0 Å². The Morgan fingerprint density at radius 1 is 1.08 bits per heavy atom. The van der Waals surface area contributed by atoms with Gasteiger partial charge < -0.3 is 20.0 Å². The summed E-state index contributed by atoms with van der Waals surface area (Å²) in [5.74, 6) is 1.03. The minimum absolute atomic E-state index is 0.107. The summed E-state index contributed by atoms with van der Waals surface area (Å²) in [5.41, 5.74) is 2.27. The van der Waals surface area contributed by atoms with Crippen LogP contribution in [0.4, 0.5) is 5.69 Å². The van der Waals surface area contributed by atoms with Crippen LogP contribution in [0.1, 0.15) is 42.7 Å². The first-order valence-corrected chi connectivity index (χ1v) is 9.78. The van der Waals surface area contributed by atoms with E-state index in [0.29, 0.717) is 17.8 Å². The van der Waals surface area contributed by atoms with Gasteiger partial charge in [0.1, 0.15) is 5.76 Å². The number of hydrogen-bond donors (Lipinski definition) is 2. The molecule has 1 aromatic carbocycles. The molecule has 5 heteroatoms. The Bertz CT molecular complexity index is 792. The van der Waals surface area contributed by atoms with Crippen LogP contribution in [-0.4, -0.2) is 37.1 Å². The second kappa shape index (κ2) is 6.47. The Hall–Kier alpha value is -2.27. The van der Waals surface area contributed by atoms with Gasteiger partial charge in [-0.2, -0.15) is 0 Å². The van der Waals surface area contributed by atoms with E-state index in [4.69, 9.17) is 4.42 Å². The molecule has 5 nitrogen and oxygen atoms in total. The summed E-state index contributed by atoms with van der Waals surface area (Å²) in [7, 11) is 0. The predicted octanol–water partition coefficient (Wildman–Crippen LogP) is 3.17. The van der Waals surface area contributed by atoms with Gasteiger partial charge in [-0.1, -0.05) is 0 Å². The van der Waals surface area contributed by atoms with Crippen molar-refractivity contribution in [3.63, 3.8) is 0 Å². The smallest absolute Gasteiger partial charge is 0.287 e. The van der Waals surface area contributed by atoms with Gasteiger partial charge in [0, 0.05) is 42.5 Å². The Morgan fingerprint density at radius 3 is 2.58 bits per heavy atom. The molecule has 0 aliphatic carbocycles. The maximum Gasteiger partial charge on any atom is 0.287 e. The van der Waals surface area contributed by atoms with Gasteiger partial charge in [-0.15, -0.1) is 0 Å². The number of nitrogens with one attached hydrogen (secondary N) is 2. The zero-order valence-electron chi connectivity index (χ0n) is 14.9.